The summed E-state index contributed by atoms with van der Waals surface area (Å²) in [5.74, 6) is -0.134. The summed E-state index contributed by atoms with van der Waals surface area (Å²) in [6.45, 7) is 1.30. The minimum atomic E-state index is -0.500. The highest BCUT2D eigenvalue weighted by molar-refractivity contribution is 9.10. The second-order valence-electron chi connectivity index (χ2n) is 6.51. The fraction of sp³-hybridized carbons (Fsp3) is 0.286. The fourth-order valence-corrected chi connectivity index (χ4v) is 3.10. The third-order valence-electron chi connectivity index (χ3n) is 4.23. The highest BCUT2D eigenvalue weighted by Gasteiger charge is 2.21. The van der Waals surface area contributed by atoms with Gasteiger partial charge in [0.1, 0.15) is 5.75 Å². The zero-order chi connectivity index (χ0) is 21.4. The molecule has 0 saturated carbocycles. The molecule has 0 heterocycles. The van der Waals surface area contributed by atoms with Crippen LogP contribution in [0.25, 0.3) is 0 Å². The molecule has 3 amide bonds. The highest BCUT2D eigenvalue weighted by atomic mass is 79.9. The Hall–Kier alpha value is -2.87. The van der Waals surface area contributed by atoms with Crippen molar-refractivity contribution in [1.82, 2.24) is 10.2 Å². The molecular weight excluding hydrogens is 438 g/mol. The lowest BCUT2D eigenvalue weighted by Crippen LogP contribution is -2.38. The van der Waals surface area contributed by atoms with Gasteiger partial charge in [-0.2, -0.15) is 0 Å². The van der Waals surface area contributed by atoms with E-state index in [-0.39, 0.29) is 30.7 Å². The molecule has 1 atom stereocenters. The van der Waals surface area contributed by atoms with E-state index in [4.69, 9.17) is 4.74 Å². The predicted molar refractivity (Wildman–Crippen MR) is 115 cm³/mol. The summed E-state index contributed by atoms with van der Waals surface area (Å²) in [4.78, 5) is 37.8. The number of rotatable bonds is 8. The van der Waals surface area contributed by atoms with E-state index < -0.39 is 6.04 Å². The van der Waals surface area contributed by atoms with Crippen molar-refractivity contribution in [3.63, 3.8) is 0 Å². The molecule has 2 rings (SSSR count). The Labute approximate surface area is 178 Å². The molecule has 2 aromatic carbocycles. The van der Waals surface area contributed by atoms with Crippen molar-refractivity contribution in [1.29, 1.82) is 0 Å². The van der Waals surface area contributed by atoms with Crippen LogP contribution in [0.4, 0.5) is 5.69 Å². The van der Waals surface area contributed by atoms with Crippen LogP contribution < -0.4 is 15.4 Å². The first-order valence-electron chi connectivity index (χ1n) is 8.99. The topological polar surface area (TPSA) is 87.7 Å². The first kappa shape index (κ1) is 22.4. The van der Waals surface area contributed by atoms with Crippen molar-refractivity contribution in [3.05, 3.63) is 58.6 Å². The Balaban J connectivity index is 2.00. The van der Waals surface area contributed by atoms with Gasteiger partial charge in [-0.15, -0.1) is 0 Å². The van der Waals surface area contributed by atoms with Gasteiger partial charge in [0.05, 0.1) is 31.8 Å². The van der Waals surface area contributed by atoms with Crippen LogP contribution in [0, 0.1) is 0 Å². The summed E-state index contributed by atoms with van der Waals surface area (Å²) in [6, 6.07) is 13.9. The van der Waals surface area contributed by atoms with Gasteiger partial charge in [-0.05, 0) is 45.8 Å². The third kappa shape index (κ3) is 6.90. The van der Waals surface area contributed by atoms with Crippen LogP contribution in [-0.2, 0) is 14.4 Å². The average Bonchev–Trinajstić information content (AvgIpc) is 2.68. The molecule has 0 bridgehead atoms. The second kappa shape index (κ2) is 10.6. The van der Waals surface area contributed by atoms with E-state index in [0.717, 1.165) is 10.0 Å². The van der Waals surface area contributed by atoms with Crippen molar-refractivity contribution in [3.8, 4) is 5.75 Å². The van der Waals surface area contributed by atoms with Crippen molar-refractivity contribution in [2.75, 3.05) is 26.0 Å². The molecule has 1 unspecified atom stereocenters. The molecule has 0 aromatic heterocycles. The van der Waals surface area contributed by atoms with Crippen LogP contribution in [-0.4, -0.2) is 43.3 Å². The number of hydrogen-bond acceptors (Lipinski definition) is 4. The first-order chi connectivity index (χ1) is 13.8. The number of hydrogen-bond donors (Lipinski definition) is 2. The van der Waals surface area contributed by atoms with Crippen molar-refractivity contribution >= 4 is 39.3 Å². The number of nitrogens with zero attached hydrogens (tertiary/aromatic N) is 1. The van der Waals surface area contributed by atoms with Crippen LogP contribution in [0.3, 0.4) is 0 Å². The molecule has 0 saturated heterocycles. The summed E-state index contributed by atoms with van der Waals surface area (Å²) in [5.41, 5.74) is 1.41. The number of methoxy groups -OCH3 is 1. The molecule has 0 aliphatic carbocycles. The largest absolute Gasteiger partial charge is 0.497 e. The second-order valence-corrected chi connectivity index (χ2v) is 7.36. The summed E-state index contributed by atoms with van der Waals surface area (Å²) >= 11 is 3.37. The zero-order valence-corrected chi connectivity index (χ0v) is 18.2. The average molecular weight is 462 g/mol. The third-order valence-corrected chi connectivity index (χ3v) is 4.92. The summed E-state index contributed by atoms with van der Waals surface area (Å²) in [5, 5.41) is 5.55. The van der Waals surface area contributed by atoms with Crippen molar-refractivity contribution in [2.45, 2.75) is 19.4 Å². The number of anilines is 1. The predicted octanol–water partition coefficient (Wildman–Crippen LogP) is 3.12. The van der Waals surface area contributed by atoms with Gasteiger partial charge < -0.3 is 20.3 Å². The summed E-state index contributed by atoms with van der Waals surface area (Å²) in [6.07, 6.45) is 0.0325. The number of carbonyl (C=O) groups is 3. The first-order valence-corrected chi connectivity index (χ1v) is 9.79. The standard InChI is InChI=1S/C21H24BrN3O4/c1-14(26)23-19(15-8-10-16(29-3)11-9-15)12-21(28)25(2)13-20(27)24-18-7-5-4-6-17(18)22/h4-11,19H,12-13H2,1-3H3,(H,23,26)(H,24,27). The lowest BCUT2D eigenvalue weighted by Gasteiger charge is -2.22. The maximum atomic E-state index is 12.6. The molecule has 0 spiro atoms. The molecule has 2 aromatic rings. The normalized spacial score (nSPS) is 11.3. The smallest absolute Gasteiger partial charge is 0.244 e. The molecule has 7 nitrogen and oxygen atoms in total. The highest BCUT2D eigenvalue weighted by Crippen LogP contribution is 2.22. The number of carbonyl (C=O) groups excluding carboxylic acids is 3. The monoisotopic (exact) mass is 461 g/mol. The molecule has 0 fully saturated rings. The van der Waals surface area contributed by atoms with Crippen LogP contribution >= 0.6 is 15.9 Å². The Morgan fingerprint density at radius 2 is 1.76 bits per heavy atom. The van der Waals surface area contributed by atoms with Crippen molar-refractivity contribution in [2.24, 2.45) is 0 Å². The number of likely N-dealkylation sites (N-methyl/N-ethyl adjacent to an activating group) is 1. The maximum absolute atomic E-state index is 12.6. The van der Waals surface area contributed by atoms with E-state index in [9.17, 15) is 14.4 Å². The zero-order valence-electron chi connectivity index (χ0n) is 16.6. The summed E-state index contributed by atoms with van der Waals surface area (Å²) in [7, 11) is 3.12. The van der Waals surface area contributed by atoms with E-state index in [1.165, 1.54) is 11.8 Å². The molecule has 154 valence electrons. The van der Waals surface area contributed by atoms with Gasteiger partial charge in [-0.25, -0.2) is 0 Å². The van der Waals surface area contributed by atoms with Gasteiger partial charge in [-0.1, -0.05) is 24.3 Å². The van der Waals surface area contributed by atoms with Crippen LogP contribution in [0.1, 0.15) is 24.9 Å². The molecule has 0 radical (unpaired) electrons. The van der Waals surface area contributed by atoms with E-state index in [1.54, 1.807) is 44.5 Å². The number of ether oxygens (including phenoxy) is 1. The Morgan fingerprint density at radius 1 is 1.10 bits per heavy atom. The van der Waals surface area contributed by atoms with E-state index >= 15 is 0 Å². The van der Waals surface area contributed by atoms with Crippen LogP contribution in [0.15, 0.2) is 53.0 Å². The number of halogens is 1. The molecule has 0 aliphatic heterocycles. The molecular formula is C21H24BrN3O4. The minimum absolute atomic E-state index is 0.0325. The lowest BCUT2D eigenvalue weighted by atomic mass is 10.0. The molecule has 0 aliphatic rings. The van der Waals surface area contributed by atoms with E-state index in [2.05, 4.69) is 26.6 Å². The quantitative estimate of drug-likeness (QED) is 0.631. The number of nitrogens with one attached hydrogen (secondary N) is 2. The van der Waals surface area contributed by atoms with Gasteiger partial charge >= 0.3 is 0 Å². The Kier molecular flexibility index (Phi) is 8.21. The molecule has 29 heavy (non-hydrogen) atoms. The van der Waals surface area contributed by atoms with Crippen LogP contribution in [0.5, 0.6) is 5.75 Å². The Bertz CT molecular complexity index is 870. The van der Waals surface area contributed by atoms with Crippen molar-refractivity contribution < 1.29 is 19.1 Å². The fourth-order valence-electron chi connectivity index (χ4n) is 2.72. The SMILES string of the molecule is COc1ccc(C(CC(=O)N(C)CC(=O)Nc2ccccc2Br)NC(C)=O)cc1. The van der Waals surface area contributed by atoms with Gasteiger partial charge in [0.25, 0.3) is 0 Å². The molecule has 2 N–H and O–H groups in total. The lowest BCUT2D eigenvalue weighted by molar-refractivity contribution is -0.134. The van der Waals surface area contributed by atoms with Gasteiger partial charge in [-0.3, -0.25) is 14.4 Å². The van der Waals surface area contributed by atoms with E-state index in [1.807, 2.05) is 18.2 Å². The number of benzene rings is 2. The van der Waals surface area contributed by atoms with E-state index in [0.29, 0.717) is 11.4 Å². The number of para-hydroxylation sites is 1. The maximum Gasteiger partial charge on any atom is 0.244 e. The van der Waals surface area contributed by atoms with Gasteiger partial charge in [0, 0.05) is 18.4 Å². The molecule has 8 heteroatoms. The van der Waals surface area contributed by atoms with Gasteiger partial charge in [0.2, 0.25) is 17.7 Å². The Morgan fingerprint density at radius 3 is 2.34 bits per heavy atom. The van der Waals surface area contributed by atoms with Gasteiger partial charge in [0.15, 0.2) is 0 Å². The summed E-state index contributed by atoms with van der Waals surface area (Å²) < 4.78 is 5.90. The number of amides is 3. The minimum Gasteiger partial charge on any atom is -0.497 e. The van der Waals surface area contributed by atoms with Crippen LogP contribution in [0.2, 0.25) is 0 Å².